The maximum absolute atomic E-state index is 10.8. The van der Waals surface area contributed by atoms with Gasteiger partial charge in [0.15, 0.2) is 23.2 Å². The number of rotatable bonds is 9. The van der Waals surface area contributed by atoms with Crippen LogP contribution in [-0.2, 0) is 4.79 Å². The monoisotopic (exact) mass is 831 g/mol. The predicted molar refractivity (Wildman–Crippen MR) is 220 cm³/mol. The first-order chi connectivity index (χ1) is 28.6. The standard InChI is InChI=1S/C19H17N5O2.C11H7ClN4O.C10H13NO2.CH3F.Na.H/c1-13-4-6-15(25-2)10-16(13)23-19-21-12-17(26-19)14-5-7-18(20-11-14)24-9-3-8-22-24;12-11-14-7-9(17-11)8-2-3-10(13-6-8)16-5-1-4-15-16;1-7-4-5-9(13-3)6-10(7)11-8(2)12;1-2;;/h3-12H,1-2H3,(H,21,23);1-7H;4-6H,1-3H3,(H,11,12);1H3;;/q;;;;+1;-1/i;;;1D;;. The van der Waals surface area contributed by atoms with Crippen LogP contribution in [0.15, 0.2) is 131 Å². The number of amides is 1. The second-order valence-corrected chi connectivity index (χ2v) is 12.2. The summed E-state index contributed by atoms with van der Waals surface area (Å²) in [6.45, 7) is 5.42. The molecule has 0 aliphatic heterocycles. The van der Waals surface area contributed by atoms with Crippen molar-refractivity contribution in [1.82, 2.24) is 39.5 Å². The van der Waals surface area contributed by atoms with E-state index < -0.39 is 7.15 Å². The summed E-state index contributed by atoms with van der Waals surface area (Å²) in [6.07, 6.45) is 13.7. The SMILES string of the molecule is COc1ccc(C)c(NC(C)=O)c1.COc1ccc(C)c(Nc2ncc(-c3ccc(-n4cccn4)nc3)o2)c1.Clc1ncc(-c2ccc(-n3cccn3)nc2)o1.[2H]CF.[H-].[Na+]. The van der Waals surface area contributed by atoms with Gasteiger partial charge in [0.25, 0.3) is 11.4 Å². The average Bonchev–Trinajstić information content (AvgIpc) is 4.10. The number of carbonyl (C=O) groups is 1. The van der Waals surface area contributed by atoms with Crippen molar-refractivity contribution >= 4 is 34.9 Å². The first-order valence-electron chi connectivity index (χ1n) is 18.0. The Kier molecular flexibility index (Phi) is 16.7. The van der Waals surface area contributed by atoms with E-state index in [0.717, 1.165) is 56.8 Å². The van der Waals surface area contributed by atoms with Gasteiger partial charge in [0.2, 0.25) is 5.91 Å². The number of aromatic nitrogens is 8. The Hall–Kier alpha value is -6.33. The molecule has 18 heteroatoms. The van der Waals surface area contributed by atoms with Crippen LogP contribution in [0, 0.1) is 13.8 Å². The predicted octanol–water partition coefficient (Wildman–Crippen LogP) is 6.22. The van der Waals surface area contributed by atoms with Crippen molar-refractivity contribution in [2.75, 3.05) is 32.0 Å². The molecule has 0 atom stereocenters. The van der Waals surface area contributed by atoms with Gasteiger partial charge in [-0.15, -0.1) is 0 Å². The molecule has 0 radical (unpaired) electrons. The zero-order valence-corrected chi connectivity index (χ0v) is 35.9. The topological polar surface area (TPSA) is 173 Å². The van der Waals surface area contributed by atoms with Gasteiger partial charge in [0, 0.05) is 78.7 Å². The number of aryl methyl sites for hydroxylation is 2. The van der Waals surface area contributed by atoms with E-state index in [-0.39, 0.29) is 42.2 Å². The third-order valence-corrected chi connectivity index (χ3v) is 8.14. The zero-order chi connectivity index (χ0) is 42.1. The Labute approximate surface area is 369 Å². The van der Waals surface area contributed by atoms with E-state index in [2.05, 4.69) is 40.8 Å². The number of hydrogen-bond donors (Lipinski definition) is 2. The fourth-order valence-electron chi connectivity index (χ4n) is 5.03. The van der Waals surface area contributed by atoms with Crippen LogP contribution < -0.4 is 49.7 Å². The Bertz CT molecular complexity index is 2510. The molecule has 0 bridgehead atoms. The van der Waals surface area contributed by atoms with Gasteiger partial charge in [-0.2, -0.15) is 10.2 Å². The number of benzene rings is 2. The Morgan fingerprint density at radius 2 is 1.27 bits per heavy atom. The minimum atomic E-state index is -1.00. The number of carbonyl (C=O) groups excluding carboxylic acids is 1. The van der Waals surface area contributed by atoms with Crippen molar-refractivity contribution in [2.45, 2.75) is 20.8 Å². The summed E-state index contributed by atoms with van der Waals surface area (Å²) in [6, 6.07) is 23.0. The summed E-state index contributed by atoms with van der Waals surface area (Å²) >= 11 is 5.61. The number of alkyl halides is 1. The van der Waals surface area contributed by atoms with Crippen molar-refractivity contribution < 1.29 is 59.8 Å². The molecule has 0 saturated carbocycles. The van der Waals surface area contributed by atoms with E-state index in [1.807, 2.05) is 93.0 Å². The number of hydrogen-bond acceptors (Lipinski definition) is 12. The number of methoxy groups -OCH3 is 2. The number of nitrogens with zero attached hydrogens (tertiary/aromatic N) is 8. The molecule has 0 saturated heterocycles. The minimum absolute atomic E-state index is 0. The van der Waals surface area contributed by atoms with Gasteiger partial charge < -0.3 is 30.4 Å². The summed E-state index contributed by atoms with van der Waals surface area (Å²) in [7, 11) is 2.24. The van der Waals surface area contributed by atoms with Crippen molar-refractivity contribution in [3.8, 4) is 45.8 Å². The number of nitrogens with one attached hydrogen (secondary N) is 2. The van der Waals surface area contributed by atoms with Gasteiger partial charge in [-0.05, 0) is 85.1 Å². The number of oxazole rings is 2. The molecule has 0 spiro atoms. The molecule has 15 nitrogen and oxygen atoms in total. The number of anilines is 3. The second-order valence-electron chi connectivity index (χ2n) is 11.9. The fourth-order valence-corrected chi connectivity index (χ4v) is 5.16. The third-order valence-electron chi connectivity index (χ3n) is 7.97. The van der Waals surface area contributed by atoms with E-state index in [1.54, 1.807) is 66.8 Å². The van der Waals surface area contributed by atoms with Crippen LogP contribution in [0.25, 0.3) is 34.3 Å². The Morgan fingerprint density at radius 3 is 1.71 bits per heavy atom. The van der Waals surface area contributed by atoms with Crippen LogP contribution in [0.4, 0.5) is 21.8 Å². The molecular weight excluding hydrogens is 790 g/mol. The van der Waals surface area contributed by atoms with Crippen LogP contribution in [0.5, 0.6) is 11.5 Å². The van der Waals surface area contributed by atoms with E-state index in [4.69, 9.17) is 31.3 Å². The van der Waals surface area contributed by atoms with Gasteiger partial charge >= 0.3 is 29.6 Å². The van der Waals surface area contributed by atoms with Crippen LogP contribution in [0.1, 0.15) is 20.8 Å². The van der Waals surface area contributed by atoms with E-state index in [0.29, 0.717) is 17.5 Å². The molecule has 0 aliphatic carbocycles. The van der Waals surface area contributed by atoms with E-state index in [1.165, 1.54) is 6.92 Å². The molecule has 8 rings (SSSR count). The molecule has 6 aromatic heterocycles. The summed E-state index contributed by atoms with van der Waals surface area (Å²) in [5.41, 5.74) is 5.42. The quantitative estimate of drug-likeness (QED) is 0.158. The molecule has 2 N–H and O–H groups in total. The maximum atomic E-state index is 10.8. The molecule has 300 valence electrons. The molecule has 2 aromatic carbocycles. The molecule has 59 heavy (non-hydrogen) atoms. The fraction of sp³-hybridized carbons (Fsp3) is 0.146. The molecule has 0 fully saturated rings. The molecule has 0 aliphatic rings. The summed E-state index contributed by atoms with van der Waals surface area (Å²) in [4.78, 5) is 27.6. The van der Waals surface area contributed by atoms with Crippen molar-refractivity contribution in [3.63, 3.8) is 0 Å². The smallest absolute Gasteiger partial charge is 1.00 e. The third kappa shape index (κ3) is 12.8. The molecule has 6 heterocycles. The van der Waals surface area contributed by atoms with Crippen LogP contribution in [0.2, 0.25) is 5.35 Å². The summed E-state index contributed by atoms with van der Waals surface area (Å²) in [5.74, 6) is 4.14. The van der Waals surface area contributed by atoms with E-state index >= 15 is 0 Å². The van der Waals surface area contributed by atoms with E-state index in [9.17, 15) is 9.18 Å². The Balaban J connectivity index is 0.000000247. The van der Waals surface area contributed by atoms with Crippen LogP contribution >= 0.6 is 11.6 Å². The van der Waals surface area contributed by atoms with Gasteiger partial charge in [0.1, 0.15) is 11.5 Å². The van der Waals surface area contributed by atoms with Crippen molar-refractivity contribution in [3.05, 3.63) is 139 Å². The van der Waals surface area contributed by atoms with Gasteiger partial charge in [-0.25, -0.2) is 29.3 Å². The average molecular weight is 832 g/mol. The number of halogens is 2. The Morgan fingerprint density at radius 1 is 0.763 bits per heavy atom. The van der Waals surface area contributed by atoms with Crippen molar-refractivity contribution in [1.29, 1.82) is 0 Å². The van der Waals surface area contributed by atoms with Gasteiger partial charge in [0.05, 0.1) is 35.1 Å². The molecule has 8 aromatic rings. The number of ether oxygens (including phenoxy) is 2. The number of pyridine rings is 2. The van der Waals surface area contributed by atoms with Crippen LogP contribution in [0.3, 0.4) is 0 Å². The maximum Gasteiger partial charge on any atom is 1.00 e. The second kappa shape index (κ2) is 22.6. The first kappa shape index (κ1) is 43.8. The normalized spacial score (nSPS) is 10.2. The largest absolute Gasteiger partial charge is 1.00 e. The molecule has 1 amide bonds. The minimum Gasteiger partial charge on any atom is -1.00 e. The van der Waals surface area contributed by atoms with Crippen molar-refractivity contribution in [2.24, 2.45) is 0 Å². The molecule has 0 unspecified atom stereocenters. The van der Waals surface area contributed by atoms with Crippen LogP contribution in [-0.4, -0.2) is 66.8 Å². The first-order valence-corrected chi connectivity index (χ1v) is 17.7. The zero-order valence-electron chi connectivity index (χ0n) is 35.1. The van der Waals surface area contributed by atoms with Gasteiger partial charge in [-0.1, -0.05) is 12.1 Å². The van der Waals surface area contributed by atoms with Gasteiger partial charge in [-0.3, -0.25) is 9.18 Å². The summed E-state index contributed by atoms with van der Waals surface area (Å²) < 4.78 is 40.2. The molecular formula is C41H41ClFN10NaO5. The summed E-state index contributed by atoms with van der Waals surface area (Å²) in [5, 5.41) is 14.3.